The van der Waals surface area contributed by atoms with Crippen molar-refractivity contribution in [2.24, 2.45) is 5.92 Å². The Kier molecular flexibility index (Phi) is 6.02. The number of piperidine rings is 1. The summed E-state index contributed by atoms with van der Waals surface area (Å²) >= 11 is 0. The van der Waals surface area contributed by atoms with Crippen molar-refractivity contribution in [1.82, 2.24) is 30.3 Å². The van der Waals surface area contributed by atoms with Crippen molar-refractivity contribution >= 4 is 5.91 Å². The van der Waals surface area contributed by atoms with E-state index in [1.807, 2.05) is 6.07 Å². The molecule has 1 amide bonds. The molecule has 2 fully saturated rings. The molecule has 3 heterocycles. The van der Waals surface area contributed by atoms with Crippen LogP contribution in [-0.4, -0.2) is 57.8 Å². The van der Waals surface area contributed by atoms with E-state index in [0.717, 1.165) is 62.9 Å². The molecule has 7 heteroatoms. The molecular weight excluding hydrogens is 352 g/mol. The molecule has 28 heavy (non-hydrogen) atoms. The Labute approximate surface area is 166 Å². The molecule has 2 aliphatic heterocycles. The minimum Gasteiger partial charge on any atom is -0.352 e. The fraction of sp³-hybridized carbons (Fsp3) is 0.571. The molecule has 0 saturated carbocycles. The van der Waals surface area contributed by atoms with Crippen LogP contribution in [0.1, 0.15) is 37.8 Å². The normalized spacial score (nSPS) is 21.1. The Morgan fingerprint density at radius 3 is 2.64 bits per heavy atom. The van der Waals surface area contributed by atoms with Gasteiger partial charge < -0.3 is 10.6 Å². The van der Waals surface area contributed by atoms with Crippen molar-refractivity contribution in [3.8, 4) is 5.69 Å². The summed E-state index contributed by atoms with van der Waals surface area (Å²) in [6.07, 6.45) is 4.35. The van der Waals surface area contributed by atoms with E-state index in [4.69, 9.17) is 0 Å². The summed E-state index contributed by atoms with van der Waals surface area (Å²) in [6.45, 7) is 6.36. The average Bonchev–Trinajstić information content (AvgIpc) is 3.30. The summed E-state index contributed by atoms with van der Waals surface area (Å²) in [4.78, 5) is 13.7. The van der Waals surface area contributed by atoms with E-state index in [9.17, 15) is 4.79 Å². The monoisotopic (exact) mass is 382 g/mol. The molecule has 1 aromatic carbocycles. The van der Waals surface area contributed by atoms with Crippen LogP contribution in [0.2, 0.25) is 0 Å². The summed E-state index contributed by atoms with van der Waals surface area (Å²) < 4.78 is 2.24. The summed E-state index contributed by atoms with van der Waals surface area (Å²) in [7, 11) is 0. The number of hydrogen-bond donors (Lipinski definition) is 2. The Hall–Kier alpha value is -2.25. The predicted molar refractivity (Wildman–Crippen MR) is 108 cm³/mol. The summed E-state index contributed by atoms with van der Waals surface area (Å²) in [5, 5.41) is 15.6. The van der Waals surface area contributed by atoms with Gasteiger partial charge >= 0.3 is 0 Å². The van der Waals surface area contributed by atoms with Gasteiger partial charge in [0.05, 0.1) is 6.54 Å². The van der Waals surface area contributed by atoms with E-state index in [0.29, 0.717) is 5.92 Å². The molecule has 0 bridgehead atoms. The first-order valence-corrected chi connectivity index (χ1v) is 10.4. The van der Waals surface area contributed by atoms with Gasteiger partial charge in [-0.05, 0) is 50.4 Å². The maximum absolute atomic E-state index is 11.3. The molecule has 150 valence electrons. The second kappa shape index (κ2) is 8.84. The number of nitrogens with one attached hydrogen (secondary N) is 2. The molecule has 7 nitrogen and oxygen atoms in total. The fourth-order valence-electron chi connectivity index (χ4n) is 4.39. The van der Waals surface area contributed by atoms with Crippen LogP contribution in [0.4, 0.5) is 0 Å². The Morgan fingerprint density at radius 2 is 1.89 bits per heavy atom. The van der Waals surface area contributed by atoms with E-state index in [1.54, 1.807) is 6.92 Å². The predicted octanol–water partition coefficient (Wildman–Crippen LogP) is 1.52. The zero-order valence-electron chi connectivity index (χ0n) is 16.6. The lowest BCUT2D eigenvalue weighted by molar-refractivity contribution is -0.119. The molecule has 1 atom stereocenters. The number of likely N-dealkylation sites (tertiary alicyclic amines) is 1. The van der Waals surface area contributed by atoms with E-state index in [2.05, 4.69) is 54.6 Å². The zero-order valence-corrected chi connectivity index (χ0v) is 16.6. The van der Waals surface area contributed by atoms with Crippen LogP contribution in [0.5, 0.6) is 0 Å². The topological polar surface area (TPSA) is 75.1 Å². The van der Waals surface area contributed by atoms with Gasteiger partial charge in [0.2, 0.25) is 5.91 Å². The fourth-order valence-corrected chi connectivity index (χ4v) is 4.39. The van der Waals surface area contributed by atoms with Crippen molar-refractivity contribution in [2.75, 3.05) is 26.2 Å². The van der Waals surface area contributed by atoms with Gasteiger partial charge in [0.25, 0.3) is 0 Å². The second-order valence-electron chi connectivity index (χ2n) is 8.02. The highest BCUT2D eigenvalue weighted by Gasteiger charge is 2.26. The van der Waals surface area contributed by atoms with Gasteiger partial charge in [-0.25, -0.2) is 0 Å². The molecule has 0 spiro atoms. The van der Waals surface area contributed by atoms with Crippen molar-refractivity contribution in [3.63, 3.8) is 0 Å². The van der Waals surface area contributed by atoms with Crippen LogP contribution >= 0.6 is 0 Å². The Morgan fingerprint density at radius 1 is 1.14 bits per heavy atom. The van der Waals surface area contributed by atoms with E-state index < -0.39 is 0 Å². The molecule has 2 aromatic rings. The molecule has 2 aliphatic rings. The van der Waals surface area contributed by atoms with E-state index in [-0.39, 0.29) is 11.9 Å². The number of carbonyl (C=O) groups is 1. The van der Waals surface area contributed by atoms with Crippen LogP contribution in [0, 0.1) is 5.92 Å². The van der Waals surface area contributed by atoms with Crippen LogP contribution in [0.15, 0.2) is 30.3 Å². The first-order valence-electron chi connectivity index (χ1n) is 10.4. The average molecular weight is 383 g/mol. The highest BCUT2D eigenvalue weighted by atomic mass is 16.1. The number of nitrogens with zero attached hydrogens (tertiary/aromatic N) is 4. The smallest absolute Gasteiger partial charge is 0.217 e. The summed E-state index contributed by atoms with van der Waals surface area (Å²) in [5.41, 5.74) is 1.13. The number of carbonyl (C=O) groups excluding carboxylic acids is 1. The minimum absolute atomic E-state index is 0.0450. The van der Waals surface area contributed by atoms with Crippen molar-refractivity contribution in [1.29, 1.82) is 0 Å². The Bertz CT molecular complexity index is 783. The van der Waals surface area contributed by atoms with Crippen molar-refractivity contribution in [3.05, 3.63) is 42.0 Å². The molecule has 0 radical (unpaired) electrons. The first-order chi connectivity index (χ1) is 13.7. The van der Waals surface area contributed by atoms with Crippen molar-refractivity contribution < 1.29 is 4.79 Å². The third-order valence-electron chi connectivity index (χ3n) is 5.79. The number of amides is 1. The van der Waals surface area contributed by atoms with Gasteiger partial charge in [0.1, 0.15) is 5.82 Å². The summed E-state index contributed by atoms with van der Waals surface area (Å²) in [6, 6.07) is 10.7. The maximum atomic E-state index is 11.3. The lowest BCUT2D eigenvalue weighted by Gasteiger charge is -2.23. The molecule has 0 aliphatic carbocycles. The van der Waals surface area contributed by atoms with Crippen LogP contribution in [0.3, 0.4) is 0 Å². The first kappa shape index (κ1) is 19.1. The maximum Gasteiger partial charge on any atom is 0.217 e. The van der Waals surface area contributed by atoms with Crippen LogP contribution in [0.25, 0.3) is 5.69 Å². The van der Waals surface area contributed by atoms with Gasteiger partial charge in [-0.15, -0.1) is 10.2 Å². The highest BCUT2D eigenvalue weighted by molar-refractivity contribution is 5.73. The van der Waals surface area contributed by atoms with Gasteiger partial charge in [-0.1, -0.05) is 18.2 Å². The zero-order chi connectivity index (χ0) is 19.3. The lowest BCUT2D eigenvalue weighted by atomic mass is 9.94. The van der Waals surface area contributed by atoms with Gasteiger partial charge in [-0.3, -0.25) is 14.3 Å². The number of rotatable bonds is 6. The largest absolute Gasteiger partial charge is 0.352 e. The number of benzene rings is 1. The molecule has 1 aromatic heterocycles. The highest BCUT2D eigenvalue weighted by Crippen LogP contribution is 2.22. The van der Waals surface area contributed by atoms with Gasteiger partial charge in [0.15, 0.2) is 5.82 Å². The number of hydrogen-bond acceptors (Lipinski definition) is 5. The SMILES string of the molecule is CC(=O)N[C@H]1CCN(Cc2nnc(CC3CCNCC3)n2-c2ccccc2)C1. The number of para-hydroxylation sites is 1. The molecule has 4 rings (SSSR count). The van der Waals surface area contributed by atoms with Gasteiger partial charge in [-0.2, -0.15) is 0 Å². The summed E-state index contributed by atoms with van der Waals surface area (Å²) in [5.74, 6) is 2.75. The number of aromatic nitrogens is 3. The standard InChI is InChI=1S/C21H30N6O/c1-16(28)23-18-9-12-26(14-18)15-21-25-24-20(13-17-7-10-22-11-8-17)27(21)19-5-3-2-4-6-19/h2-6,17-18,22H,7-15H2,1H3,(H,23,28)/t18-/m0/s1. The lowest BCUT2D eigenvalue weighted by Crippen LogP contribution is -2.35. The van der Waals surface area contributed by atoms with Crippen LogP contribution < -0.4 is 10.6 Å². The Balaban J connectivity index is 1.52. The van der Waals surface area contributed by atoms with Crippen molar-refractivity contribution in [2.45, 2.75) is 45.2 Å². The minimum atomic E-state index is 0.0450. The second-order valence-corrected chi connectivity index (χ2v) is 8.02. The molecule has 0 unspecified atom stereocenters. The third kappa shape index (κ3) is 4.59. The third-order valence-corrected chi connectivity index (χ3v) is 5.79. The van der Waals surface area contributed by atoms with E-state index >= 15 is 0 Å². The van der Waals surface area contributed by atoms with Gasteiger partial charge in [0, 0.05) is 38.2 Å². The quantitative estimate of drug-likeness (QED) is 0.792. The van der Waals surface area contributed by atoms with Crippen LogP contribution in [-0.2, 0) is 17.8 Å². The molecular formula is C21H30N6O. The molecule has 2 saturated heterocycles. The van der Waals surface area contributed by atoms with E-state index in [1.165, 1.54) is 12.8 Å². The molecule has 2 N–H and O–H groups in total.